The molecule has 0 nitrogen and oxygen atoms in total. The standard InChI is InChI=1S/C27H36/c1-5-6-7-8-9-10-15-27-16-11-12-22-21(4)20(3)18-24(26(22)27)23-14-13-19(2)17-25(23)27/h13-14,17-18H,5-12,15-16H2,1-4H3. The van der Waals surface area contributed by atoms with Gasteiger partial charge in [0.15, 0.2) is 0 Å². The van der Waals surface area contributed by atoms with Gasteiger partial charge in [0.1, 0.15) is 0 Å². The normalized spacial score (nSPS) is 19.9. The van der Waals surface area contributed by atoms with Gasteiger partial charge in [-0.25, -0.2) is 0 Å². The summed E-state index contributed by atoms with van der Waals surface area (Å²) in [7, 11) is 0. The van der Waals surface area contributed by atoms with Crippen molar-refractivity contribution in [3.8, 4) is 11.1 Å². The smallest absolute Gasteiger partial charge is 0.0218 e. The Kier molecular flexibility index (Phi) is 5.19. The molecule has 0 saturated heterocycles. The Hall–Kier alpha value is -1.56. The quantitative estimate of drug-likeness (QED) is 0.439. The topological polar surface area (TPSA) is 0 Å². The first-order chi connectivity index (χ1) is 13.1. The summed E-state index contributed by atoms with van der Waals surface area (Å²) < 4.78 is 0. The number of fused-ring (bicyclic) bond motifs is 3. The zero-order valence-corrected chi connectivity index (χ0v) is 17.9. The molecule has 2 aliphatic rings. The molecule has 0 fully saturated rings. The van der Waals surface area contributed by atoms with Crippen LogP contribution < -0.4 is 0 Å². The molecule has 1 atom stereocenters. The van der Waals surface area contributed by atoms with Crippen molar-refractivity contribution < 1.29 is 0 Å². The zero-order chi connectivity index (χ0) is 19.0. The third-order valence-electron chi connectivity index (χ3n) is 7.42. The molecule has 0 aromatic heterocycles. The lowest BCUT2D eigenvalue weighted by Crippen LogP contribution is -2.30. The van der Waals surface area contributed by atoms with Gasteiger partial charge in [0.05, 0.1) is 0 Å². The number of benzene rings is 2. The van der Waals surface area contributed by atoms with Gasteiger partial charge >= 0.3 is 0 Å². The molecule has 2 aliphatic carbocycles. The van der Waals surface area contributed by atoms with Crippen LogP contribution in [0.5, 0.6) is 0 Å². The van der Waals surface area contributed by atoms with E-state index in [4.69, 9.17) is 0 Å². The van der Waals surface area contributed by atoms with Gasteiger partial charge < -0.3 is 0 Å². The molecule has 2 aromatic carbocycles. The van der Waals surface area contributed by atoms with Crippen LogP contribution >= 0.6 is 0 Å². The van der Waals surface area contributed by atoms with E-state index in [0.717, 1.165) is 0 Å². The lowest BCUT2D eigenvalue weighted by atomic mass is 9.65. The lowest BCUT2D eigenvalue weighted by Gasteiger charge is -2.38. The molecule has 0 amide bonds. The molecule has 0 heterocycles. The Labute approximate surface area is 166 Å². The monoisotopic (exact) mass is 360 g/mol. The van der Waals surface area contributed by atoms with Crippen LogP contribution in [0.2, 0.25) is 0 Å². The molecular formula is C27H36. The van der Waals surface area contributed by atoms with Crippen LogP contribution in [0.1, 0.15) is 98.1 Å². The number of aryl methyl sites for hydroxylation is 2. The Bertz CT molecular complexity index is 842. The molecule has 0 bridgehead atoms. The summed E-state index contributed by atoms with van der Waals surface area (Å²) in [6, 6.07) is 9.75. The molecular weight excluding hydrogens is 324 g/mol. The number of hydrogen-bond donors (Lipinski definition) is 0. The summed E-state index contributed by atoms with van der Waals surface area (Å²) in [5.74, 6) is 0. The predicted molar refractivity (Wildman–Crippen MR) is 118 cm³/mol. The lowest BCUT2D eigenvalue weighted by molar-refractivity contribution is 0.387. The minimum atomic E-state index is 0.299. The van der Waals surface area contributed by atoms with Crippen LogP contribution in [0.4, 0.5) is 0 Å². The maximum Gasteiger partial charge on any atom is 0.0218 e. The van der Waals surface area contributed by atoms with Crippen molar-refractivity contribution in [1.82, 2.24) is 0 Å². The second kappa shape index (κ2) is 7.46. The van der Waals surface area contributed by atoms with Gasteiger partial charge in [-0.1, -0.05) is 75.3 Å². The van der Waals surface area contributed by atoms with Crippen molar-refractivity contribution in [2.75, 3.05) is 0 Å². The highest BCUT2D eigenvalue weighted by molar-refractivity contribution is 5.84. The van der Waals surface area contributed by atoms with Gasteiger partial charge in [0.2, 0.25) is 0 Å². The fourth-order valence-corrected chi connectivity index (χ4v) is 5.90. The fourth-order valence-electron chi connectivity index (χ4n) is 5.90. The minimum Gasteiger partial charge on any atom is -0.0654 e. The van der Waals surface area contributed by atoms with Crippen LogP contribution in [0.3, 0.4) is 0 Å². The maximum absolute atomic E-state index is 2.52. The molecule has 0 saturated carbocycles. The number of hydrogen-bond acceptors (Lipinski definition) is 0. The highest BCUT2D eigenvalue weighted by Crippen LogP contribution is 2.58. The summed E-state index contributed by atoms with van der Waals surface area (Å²) in [5.41, 5.74) is 12.9. The number of unbranched alkanes of at least 4 members (excludes halogenated alkanes) is 5. The SMILES string of the molecule is CCCCCCCCC12CCCc3c(C)c(C)cc(c31)-c1ccc(C)cc12. The molecule has 2 aromatic rings. The van der Waals surface area contributed by atoms with Crippen molar-refractivity contribution in [1.29, 1.82) is 0 Å². The fraction of sp³-hybridized carbons (Fsp3) is 0.556. The highest BCUT2D eigenvalue weighted by atomic mass is 14.5. The second-order valence-corrected chi connectivity index (χ2v) is 9.22. The molecule has 0 heteroatoms. The van der Waals surface area contributed by atoms with Gasteiger partial charge in [-0.15, -0.1) is 0 Å². The van der Waals surface area contributed by atoms with E-state index in [1.807, 2.05) is 0 Å². The first kappa shape index (κ1) is 18.8. The summed E-state index contributed by atoms with van der Waals surface area (Å²) in [5, 5.41) is 0. The van der Waals surface area contributed by atoms with Gasteiger partial charge in [-0.05, 0) is 85.4 Å². The molecule has 0 N–H and O–H groups in total. The summed E-state index contributed by atoms with van der Waals surface area (Å²) in [6.45, 7) is 9.24. The average molecular weight is 361 g/mol. The number of rotatable bonds is 7. The maximum atomic E-state index is 2.52. The van der Waals surface area contributed by atoms with Crippen LogP contribution in [-0.2, 0) is 11.8 Å². The van der Waals surface area contributed by atoms with Crippen molar-refractivity contribution in [2.45, 2.75) is 97.3 Å². The van der Waals surface area contributed by atoms with E-state index in [-0.39, 0.29) is 0 Å². The first-order valence-corrected chi connectivity index (χ1v) is 11.3. The van der Waals surface area contributed by atoms with Crippen molar-refractivity contribution in [3.63, 3.8) is 0 Å². The van der Waals surface area contributed by atoms with E-state index in [1.165, 1.54) is 80.9 Å². The molecule has 0 radical (unpaired) electrons. The van der Waals surface area contributed by atoms with Gasteiger partial charge in [-0.3, -0.25) is 0 Å². The van der Waals surface area contributed by atoms with E-state index in [2.05, 4.69) is 52.0 Å². The Morgan fingerprint density at radius 2 is 1.67 bits per heavy atom. The summed E-state index contributed by atoms with van der Waals surface area (Å²) in [6.07, 6.45) is 13.7. The predicted octanol–water partition coefficient (Wildman–Crippen LogP) is 7.97. The first-order valence-electron chi connectivity index (χ1n) is 11.3. The van der Waals surface area contributed by atoms with Crippen LogP contribution in [0.15, 0.2) is 24.3 Å². The van der Waals surface area contributed by atoms with Crippen LogP contribution in [0, 0.1) is 20.8 Å². The van der Waals surface area contributed by atoms with Gasteiger partial charge in [0, 0.05) is 5.41 Å². The third-order valence-corrected chi connectivity index (χ3v) is 7.42. The van der Waals surface area contributed by atoms with Crippen LogP contribution in [0.25, 0.3) is 11.1 Å². The summed E-state index contributed by atoms with van der Waals surface area (Å²) in [4.78, 5) is 0. The third kappa shape index (κ3) is 3.06. The van der Waals surface area contributed by atoms with Gasteiger partial charge in [-0.2, -0.15) is 0 Å². The van der Waals surface area contributed by atoms with E-state index in [9.17, 15) is 0 Å². The highest BCUT2D eigenvalue weighted by Gasteiger charge is 2.46. The van der Waals surface area contributed by atoms with Crippen molar-refractivity contribution in [3.05, 3.63) is 57.6 Å². The van der Waals surface area contributed by atoms with Crippen molar-refractivity contribution in [2.24, 2.45) is 0 Å². The minimum absolute atomic E-state index is 0.299. The molecule has 0 spiro atoms. The Balaban J connectivity index is 1.74. The van der Waals surface area contributed by atoms with Crippen molar-refractivity contribution >= 4 is 0 Å². The van der Waals surface area contributed by atoms with E-state index < -0.39 is 0 Å². The summed E-state index contributed by atoms with van der Waals surface area (Å²) >= 11 is 0. The second-order valence-electron chi connectivity index (χ2n) is 9.22. The average Bonchev–Trinajstić information content (AvgIpc) is 2.93. The Morgan fingerprint density at radius 3 is 2.48 bits per heavy atom. The molecule has 0 aliphatic heterocycles. The van der Waals surface area contributed by atoms with Gasteiger partial charge in [0.25, 0.3) is 0 Å². The van der Waals surface area contributed by atoms with Crippen LogP contribution in [-0.4, -0.2) is 0 Å². The zero-order valence-electron chi connectivity index (χ0n) is 17.9. The van der Waals surface area contributed by atoms with E-state index in [1.54, 1.807) is 27.8 Å². The van der Waals surface area contributed by atoms with E-state index >= 15 is 0 Å². The molecule has 144 valence electrons. The molecule has 1 unspecified atom stereocenters. The molecule has 27 heavy (non-hydrogen) atoms. The molecule has 4 rings (SSSR count). The van der Waals surface area contributed by atoms with E-state index in [0.29, 0.717) is 5.41 Å². The Morgan fingerprint density at radius 1 is 0.889 bits per heavy atom. The largest absolute Gasteiger partial charge is 0.0654 e.